The normalized spacial score (nSPS) is 10.3. The van der Waals surface area contributed by atoms with Crippen molar-refractivity contribution in [3.05, 3.63) is 46.7 Å². The Morgan fingerprint density at radius 3 is 2.57 bits per heavy atom. The van der Waals surface area contributed by atoms with Crippen LogP contribution >= 0.6 is 11.6 Å². The smallest absolute Gasteiger partial charge is 0.165 e. The number of ether oxygens (including phenoxy) is 2. The van der Waals surface area contributed by atoms with Crippen molar-refractivity contribution in [2.75, 3.05) is 19.5 Å². The summed E-state index contributed by atoms with van der Waals surface area (Å²) in [6.07, 6.45) is 0. The molecule has 0 amide bonds. The molecular formula is C15H15ClFNO3. The molecule has 21 heavy (non-hydrogen) atoms. The molecule has 0 spiro atoms. The van der Waals surface area contributed by atoms with Crippen molar-refractivity contribution in [3.63, 3.8) is 0 Å². The fraction of sp³-hybridized carbons (Fsp3) is 0.200. The van der Waals surface area contributed by atoms with Crippen molar-refractivity contribution in [1.29, 1.82) is 0 Å². The monoisotopic (exact) mass is 311 g/mol. The van der Waals surface area contributed by atoms with Crippen LogP contribution in [0.5, 0.6) is 17.2 Å². The van der Waals surface area contributed by atoms with Crippen LogP contribution in [0.4, 0.5) is 10.1 Å². The van der Waals surface area contributed by atoms with E-state index in [4.69, 9.17) is 21.1 Å². The Balaban J connectivity index is 2.23. The van der Waals surface area contributed by atoms with E-state index in [1.165, 1.54) is 26.4 Å². The van der Waals surface area contributed by atoms with Crippen LogP contribution < -0.4 is 14.8 Å². The van der Waals surface area contributed by atoms with Gasteiger partial charge in [0.1, 0.15) is 11.5 Å². The van der Waals surface area contributed by atoms with Gasteiger partial charge in [-0.1, -0.05) is 23.7 Å². The molecular weight excluding hydrogens is 297 g/mol. The lowest BCUT2D eigenvalue weighted by molar-refractivity contribution is 0.395. The number of hydrogen-bond donors (Lipinski definition) is 2. The van der Waals surface area contributed by atoms with Crippen LogP contribution in [0.2, 0.25) is 5.02 Å². The van der Waals surface area contributed by atoms with Gasteiger partial charge >= 0.3 is 0 Å². The zero-order chi connectivity index (χ0) is 15.4. The largest absolute Gasteiger partial charge is 0.505 e. The number of hydrogen-bond acceptors (Lipinski definition) is 4. The summed E-state index contributed by atoms with van der Waals surface area (Å²) in [4.78, 5) is 0. The van der Waals surface area contributed by atoms with E-state index < -0.39 is 5.82 Å². The molecule has 2 rings (SSSR count). The van der Waals surface area contributed by atoms with E-state index >= 15 is 0 Å². The predicted octanol–water partition coefficient (Wildman–Crippen LogP) is 3.81. The number of rotatable bonds is 5. The molecule has 0 bridgehead atoms. The highest BCUT2D eigenvalue weighted by molar-refractivity contribution is 6.32. The third-order valence-electron chi connectivity index (χ3n) is 3.01. The van der Waals surface area contributed by atoms with E-state index in [9.17, 15) is 9.50 Å². The van der Waals surface area contributed by atoms with Crippen LogP contribution in [0, 0.1) is 5.82 Å². The fourth-order valence-corrected chi connectivity index (χ4v) is 2.13. The summed E-state index contributed by atoms with van der Waals surface area (Å²) in [5, 5.41) is 13.1. The van der Waals surface area contributed by atoms with Gasteiger partial charge in [-0.15, -0.1) is 0 Å². The minimum atomic E-state index is -0.658. The second-order valence-electron chi connectivity index (χ2n) is 4.29. The van der Waals surface area contributed by atoms with Gasteiger partial charge in [0.15, 0.2) is 11.6 Å². The maximum absolute atomic E-state index is 13.3. The van der Waals surface area contributed by atoms with Crippen LogP contribution in [0.3, 0.4) is 0 Å². The first-order chi connectivity index (χ1) is 10.1. The van der Waals surface area contributed by atoms with Crippen LogP contribution in [0.25, 0.3) is 0 Å². The summed E-state index contributed by atoms with van der Waals surface area (Å²) in [5.74, 6) is -0.00239. The van der Waals surface area contributed by atoms with Gasteiger partial charge in [-0.3, -0.25) is 0 Å². The predicted molar refractivity (Wildman–Crippen MR) is 79.9 cm³/mol. The SMILES string of the molecule is COc1cc(OC)c(NCc2cccc(F)c2O)cc1Cl. The average molecular weight is 312 g/mol. The molecule has 2 N–H and O–H groups in total. The van der Waals surface area contributed by atoms with Gasteiger partial charge in [-0.05, 0) is 12.1 Å². The molecule has 0 unspecified atom stereocenters. The maximum atomic E-state index is 13.3. The molecule has 6 heteroatoms. The van der Waals surface area contributed by atoms with Gasteiger partial charge in [0.25, 0.3) is 0 Å². The number of aromatic hydroxyl groups is 1. The van der Waals surface area contributed by atoms with Gasteiger partial charge in [0.05, 0.1) is 24.9 Å². The van der Waals surface area contributed by atoms with Crippen molar-refractivity contribution in [1.82, 2.24) is 0 Å². The van der Waals surface area contributed by atoms with Gasteiger partial charge in [-0.25, -0.2) is 4.39 Å². The van der Waals surface area contributed by atoms with Crippen molar-refractivity contribution in [2.45, 2.75) is 6.54 Å². The van der Waals surface area contributed by atoms with E-state index in [-0.39, 0.29) is 12.3 Å². The summed E-state index contributed by atoms with van der Waals surface area (Å²) in [6, 6.07) is 7.66. The molecule has 0 heterocycles. The van der Waals surface area contributed by atoms with E-state index in [0.717, 1.165) is 0 Å². The molecule has 0 saturated carbocycles. The molecule has 0 radical (unpaired) electrons. The lowest BCUT2D eigenvalue weighted by atomic mass is 10.2. The number of phenolic OH excluding ortho intramolecular Hbond substituents is 1. The van der Waals surface area contributed by atoms with E-state index in [2.05, 4.69) is 5.32 Å². The van der Waals surface area contributed by atoms with Crippen LogP contribution in [0.15, 0.2) is 30.3 Å². The second-order valence-corrected chi connectivity index (χ2v) is 4.70. The van der Waals surface area contributed by atoms with Crippen LogP contribution in [-0.2, 0) is 6.54 Å². The number of para-hydroxylation sites is 1. The molecule has 0 aliphatic carbocycles. The fourth-order valence-electron chi connectivity index (χ4n) is 1.89. The Morgan fingerprint density at radius 1 is 1.19 bits per heavy atom. The zero-order valence-corrected chi connectivity index (χ0v) is 12.4. The summed E-state index contributed by atoms with van der Waals surface area (Å²) < 4.78 is 23.6. The Morgan fingerprint density at radius 2 is 1.90 bits per heavy atom. The third kappa shape index (κ3) is 3.31. The lowest BCUT2D eigenvalue weighted by Gasteiger charge is -2.14. The van der Waals surface area contributed by atoms with E-state index in [1.807, 2.05) is 0 Å². The van der Waals surface area contributed by atoms with E-state index in [0.29, 0.717) is 27.8 Å². The van der Waals surface area contributed by atoms with Gasteiger partial charge in [0.2, 0.25) is 0 Å². The molecule has 2 aromatic rings. The zero-order valence-electron chi connectivity index (χ0n) is 11.6. The number of methoxy groups -OCH3 is 2. The Labute approximate surface area is 127 Å². The minimum absolute atomic E-state index is 0.225. The highest BCUT2D eigenvalue weighted by Gasteiger charge is 2.11. The Hall–Kier alpha value is -2.14. The highest BCUT2D eigenvalue weighted by atomic mass is 35.5. The van der Waals surface area contributed by atoms with Crippen molar-refractivity contribution < 1.29 is 19.0 Å². The number of benzene rings is 2. The summed E-state index contributed by atoms with van der Waals surface area (Å²) in [5.41, 5.74) is 1.05. The van der Waals surface area contributed by atoms with Gasteiger partial charge < -0.3 is 19.9 Å². The molecule has 0 aliphatic rings. The lowest BCUT2D eigenvalue weighted by Crippen LogP contribution is -2.03. The number of halogens is 2. The second kappa shape index (κ2) is 6.54. The molecule has 0 atom stereocenters. The number of anilines is 1. The standard InChI is InChI=1S/C15H15ClFNO3/c1-20-13-7-14(21-2)12(6-10(13)16)18-8-9-4-3-5-11(17)15(9)19/h3-7,18-19H,8H2,1-2H3. The maximum Gasteiger partial charge on any atom is 0.165 e. The first kappa shape index (κ1) is 15.3. The van der Waals surface area contributed by atoms with Crippen molar-refractivity contribution in [2.24, 2.45) is 0 Å². The average Bonchev–Trinajstić information content (AvgIpc) is 2.49. The van der Waals surface area contributed by atoms with Gasteiger partial charge in [0, 0.05) is 18.2 Å². The van der Waals surface area contributed by atoms with Crippen LogP contribution in [0.1, 0.15) is 5.56 Å². The van der Waals surface area contributed by atoms with Crippen LogP contribution in [-0.4, -0.2) is 19.3 Å². The summed E-state index contributed by atoms with van der Waals surface area (Å²) in [6.45, 7) is 0.225. The number of phenols is 1. The molecule has 4 nitrogen and oxygen atoms in total. The highest BCUT2D eigenvalue weighted by Crippen LogP contribution is 2.36. The quantitative estimate of drug-likeness (QED) is 0.881. The molecule has 112 valence electrons. The van der Waals surface area contributed by atoms with Crippen molar-refractivity contribution in [3.8, 4) is 17.2 Å². The Bertz CT molecular complexity index is 649. The molecule has 2 aromatic carbocycles. The van der Waals surface area contributed by atoms with E-state index in [1.54, 1.807) is 18.2 Å². The number of nitrogens with one attached hydrogen (secondary N) is 1. The minimum Gasteiger partial charge on any atom is -0.505 e. The van der Waals surface area contributed by atoms with Crippen molar-refractivity contribution >= 4 is 17.3 Å². The Kier molecular flexibility index (Phi) is 4.75. The van der Waals surface area contributed by atoms with Gasteiger partial charge in [-0.2, -0.15) is 0 Å². The topological polar surface area (TPSA) is 50.7 Å². The molecule has 0 fully saturated rings. The first-order valence-corrected chi connectivity index (χ1v) is 6.56. The first-order valence-electron chi connectivity index (χ1n) is 6.18. The molecule has 0 saturated heterocycles. The molecule has 0 aromatic heterocycles. The third-order valence-corrected chi connectivity index (χ3v) is 3.31. The summed E-state index contributed by atoms with van der Waals surface area (Å²) in [7, 11) is 3.03. The summed E-state index contributed by atoms with van der Waals surface area (Å²) >= 11 is 6.07. The molecule has 0 aliphatic heterocycles.